The van der Waals surface area contributed by atoms with Crippen molar-refractivity contribution in [3.05, 3.63) is 198 Å². The maximum absolute atomic E-state index is 6.88. The second kappa shape index (κ2) is 10.2. The second-order valence-corrected chi connectivity index (χ2v) is 13.2. The van der Waals surface area contributed by atoms with E-state index in [0.29, 0.717) is 0 Å². The zero-order valence-corrected chi connectivity index (χ0v) is 27.0. The number of rotatable bonds is 3. The van der Waals surface area contributed by atoms with Crippen molar-refractivity contribution in [1.29, 1.82) is 0 Å². The van der Waals surface area contributed by atoms with Gasteiger partial charge < -0.3 is 14.1 Å². The van der Waals surface area contributed by atoms with Crippen molar-refractivity contribution in [3.8, 4) is 22.6 Å². The van der Waals surface area contributed by atoms with Gasteiger partial charge in [0.25, 0.3) is 0 Å². The molecule has 2 heterocycles. The monoisotopic (exact) mass is 639 g/mol. The first-order valence-electron chi connectivity index (χ1n) is 17.1. The molecule has 0 radical (unpaired) electrons. The summed E-state index contributed by atoms with van der Waals surface area (Å²) in [5.74, 6) is 1.80. The van der Waals surface area contributed by atoms with Crippen LogP contribution >= 0.6 is 0 Å². The summed E-state index contributed by atoms with van der Waals surface area (Å²) in [4.78, 5) is 2.34. The maximum atomic E-state index is 6.88. The molecule has 1 atom stereocenters. The fourth-order valence-electron chi connectivity index (χ4n) is 8.67. The van der Waals surface area contributed by atoms with Gasteiger partial charge in [-0.05, 0) is 70.1 Å². The van der Waals surface area contributed by atoms with E-state index < -0.39 is 5.41 Å². The number of benzene rings is 8. The fourth-order valence-corrected chi connectivity index (χ4v) is 8.67. The first kappa shape index (κ1) is 27.4. The molecule has 3 nitrogen and oxygen atoms in total. The Bertz CT molecular complexity index is 2810. The number of anilines is 3. The van der Waals surface area contributed by atoms with E-state index in [-0.39, 0.29) is 0 Å². The van der Waals surface area contributed by atoms with Crippen LogP contribution in [0.4, 0.5) is 17.1 Å². The number of fused-ring (bicyclic) bond motifs is 14. The van der Waals surface area contributed by atoms with Crippen molar-refractivity contribution >= 4 is 49.8 Å². The van der Waals surface area contributed by atoms with Crippen LogP contribution in [0.1, 0.15) is 22.3 Å². The third-order valence-electron chi connectivity index (χ3n) is 10.7. The summed E-state index contributed by atoms with van der Waals surface area (Å²) in [7, 11) is 0. The minimum absolute atomic E-state index is 0.593. The Morgan fingerprint density at radius 3 is 2.08 bits per heavy atom. The first-order chi connectivity index (χ1) is 24.8. The van der Waals surface area contributed by atoms with Crippen LogP contribution in [-0.2, 0) is 5.41 Å². The highest BCUT2D eigenvalue weighted by atomic mass is 16.5. The SMILES string of the molecule is c1ccc(N(c2ccc3c(c2)C2(c4ccccc4Oc4c2ccc2ccccc42)c2ccccc2-3)c2cccc3c2oc2ccccc23)cc1. The van der Waals surface area contributed by atoms with Gasteiger partial charge in [0, 0.05) is 38.7 Å². The van der Waals surface area contributed by atoms with Gasteiger partial charge in [0.2, 0.25) is 0 Å². The molecule has 8 aromatic carbocycles. The molecule has 0 N–H and O–H groups in total. The molecule has 50 heavy (non-hydrogen) atoms. The summed E-state index contributed by atoms with van der Waals surface area (Å²) < 4.78 is 13.5. The number of para-hydroxylation sites is 4. The maximum Gasteiger partial charge on any atom is 0.159 e. The number of furan rings is 1. The zero-order valence-electron chi connectivity index (χ0n) is 27.0. The summed E-state index contributed by atoms with van der Waals surface area (Å²) in [6, 6.07) is 62.9. The summed E-state index contributed by atoms with van der Waals surface area (Å²) in [5, 5.41) is 4.49. The summed E-state index contributed by atoms with van der Waals surface area (Å²) >= 11 is 0. The number of hydrogen-bond donors (Lipinski definition) is 0. The summed E-state index contributed by atoms with van der Waals surface area (Å²) in [5.41, 5.74) is 11.6. The lowest BCUT2D eigenvalue weighted by molar-refractivity contribution is 0.441. The minimum atomic E-state index is -0.593. The molecule has 0 saturated carbocycles. The van der Waals surface area contributed by atoms with Crippen LogP contribution in [0.25, 0.3) is 43.8 Å². The molecule has 0 saturated heterocycles. The molecule has 1 aliphatic heterocycles. The van der Waals surface area contributed by atoms with Gasteiger partial charge in [-0.1, -0.05) is 133 Å². The Hall–Kier alpha value is -6.58. The quantitative estimate of drug-likeness (QED) is 0.192. The van der Waals surface area contributed by atoms with E-state index in [1.807, 2.05) is 12.1 Å². The molecular weight excluding hydrogens is 611 g/mol. The molecular formula is C47H29NO2. The van der Waals surface area contributed by atoms with Crippen molar-refractivity contribution in [1.82, 2.24) is 0 Å². The van der Waals surface area contributed by atoms with E-state index in [0.717, 1.165) is 72.4 Å². The normalized spacial score (nSPS) is 15.4. The van der Waals surface area contributed by atoms with E-state index in [9.17, 15) is 0 Å². The van der Waals surface area contributed by atoms with Crippen LogP contribution in [-0.4, -0.2) is 0 Å². The fraction of sp³-hybridized carbons (Fsp3) is 0.0213. The molecule has 234 valence electrons. The highest BCUT2D eigenvalue weighted by Crippen LogP contribution is 2.63. The molecule has 1 unspecified atom stereocenters. The largest absolute Gasteiger partial charge is 0.456 e. The predicted molar refractivity (Wildman–Crippen MR) is 203 cm³/mol. The summed E-state index contributed by atoms with van der Waals surface area (Å²) in [6.45, 7) is 0. The molecule has 0 bridgehead atoms. The van der Waals surface area contributed by atoms with Gasteiger partial charge >= 0.3 is 0 Å². The predicted octanol–water partition coefficient (Wildman–Crippen LogP) is 12.7. The Kier molecular flexibility index (Phi) is 5.59. The molecule has 2 aliphatic rings. The molecule has 9 aromatic rings. The van der Waals surface area contributed by atoms with Gasteiger partial charge in [-0.3, -0.25) is 0 Å². The van der Waals surface area contributed by atoms with E-state index >= 15 is 0 Å². The van der Waals surface area contributed by atoms with Crippen LogP contribution < -0.4 is 9.64 Å². The lowest BCUT2D eigenvalue weighted by Crippen LogP contribution is -2.32. The highest BCUT2D eigenvalue weighted by molar-refractivity contribution is 6.10. The minimum Gasteiger partial charge on any atom is -0.456 e. The summed E-state index contributed by atoms with van der Waals surface area (Å²) in [6.07, 6.45) is 0. The lowest BCUT2D eigenvalue weighted by atomic mass is 9.65. The Labute approximate surface area is 289 Å². The van der Waals surface area contributed by atoms with Crippen molar-refractivity contribution in [2.75, 3.05) is 4.90 Å². The molecule has 0 fully saturated rings. The second-order valence-electron chi connectivity index (χ2n) is 13.2. The van der Waals surface area contributed by atoms with Crippen molar-refractivity contribution < 1.29 is 9.15 Å². The standard InChI is InChI=1S/C47H29NO2/c1-2-14-31(15-3-1)48(42-22-12-19-37-36-18-7-10-23-43(36)49-46(37)42)32-26-27-35-34-17-6-8-20-38(34)47(41(35)29-32)39-21-9-11-24-44(39)50-45-33-16-5-4-13-30(33)25-28-40(45)47/h1-29H. The van der Waals surface area contributed by atoms with Crippen molar-refractivity contribution in [2.45, 2.75) is 5.41 Å². The van der Waals surface area contributed by atoms with E-state index in [2.05, 4.69) is 169 Å². The third kappa shape index (κ3) is 3.58. The molecule has 1 aliphatic carbocycles. The Morgan fingerprint density at radius 1 is 0.440 bits per heavy atom. The topological polar surface area (TPSA) is 25.6 Å². The van der Waals surface area contributed by atoms with Crippen molar-refractivity contribution in [3.63, 3.8) is 0 Å². The van der Waals surface area contributed by atoms with Crippen LogP contribution in [0.3, 0.4) is 0 Å². The molecule has 1 spiro atoms. The Morgan fingerprint density at radius 2 is 1.16 bits per heavy atom. The average molecular weight is 640 g/mol. The highest BCUT2D eigenvalue weighted by Gasteiger charge is 2.51. The van der Waals surface area contributed by atoms with Crippen LogP contribution in [0, 0.1) is 0 Å². The lowest BCUT2D eigenvalue weighted by Gasteiger charge is -2.40. The number of hydrogen-bond acceptors (Lipinski definition) is 3. The van der Waals surface area contributed by atoms with Gasteiger partial charge in [-0.2, -0.15) is 0 Å². The number of nitrogens with zero attached hydrogens (tertiary/aromatic N) is 1. The van der Waals surface area contributed by atoms with Crippen LogP contribution in [0.15, 0.2) is 180 Å². The molecule has 3 heteroatoms. The average Bonchev–Trinajstić information content (AvgIpc) is 3.70. The molecule has 11 rings (SSSR count). The van der Waals surface area contributed by atoms with Crippen LogP contribution in [0.5, 0.6) is 11.5 Å². The van der Waals surface area contributed by atoms with Crippen LogP contribution in [0.2, 0.25) is 0 Å². The van der Waals surface area contributed by atoms with E-state index in [4.69, 9.17) is 9.15 Å². The van der Waals surface area contributed by atoms with Gasteiger partial charge in [0.05, 0.1) is 11.1 Å². The Balaban J connectivity index is 1.24. The number of ether oxygens (including phenoxy) is 1. The van der Waals surface area contributed by atoms with E-state index in [1.54, 1.807) is 0 Å². The van der Waals surface area contributed by atoms with Crippen molar-refractivity contribution in [2.24, 2.45) is 0 Å². The zero-order chi connectivity index (χ0) is 32.8. The van der Waals surface area contributed by atoms with Gasteiger partial charge in [-0.15, -0.1) is 0 Å². The third-order valence-corrected chi connectivity index (χ3v) is 10.7. The van der Waals surface area contributed by atoms with E-state index in [1.165, 1.54) is 22.3 Å². The van der Waals surface area contributed by atoms with Gasteiger partial charge in [0.15, 0.2) is 5.58 Å². The molecule has 0 amide bonds. The smallest absolute Gasteiger partial charge is 0.159 e. The first-order valence-corrected chi connectivity index (χ1v) is 17.1. The molecule has 1 aromatic heterocycles. The van der Waals surface area contributed by atoms with Gasteiger partial charge in [-0.25, -0.2) is 0 Å². The van der Waals surface area contributed by atoms with Gasteiger partial charge in [0.1, 0.15) is 17.1 Å².